The van der Waals surface area contributed by atoms with Gasteiger partial charge in [-0.15, -0.1) is 0 Å². The number of nitrogens with zero attached hydrogens (tertiary/aromatic N) is 1. The maximum absolute atomic E-state index is 14.4. The minimum absolute atomic E-state index is 0.0231. The van der Waals surface area contributed by atoms with E-state index >= 15 is 0 Å². The van der Waals surface area contributed by atoms with E-state index in [1.54, 1.807) is 41.1 Å². The number of hydrogen-bond acceptors (Lipinski definition) is 13. The maximum atomic E-state index is 14.4. The number of hydrogen-bond donors (Lipinski definition) is 3. The Labute approximate surface area is 379 Å². The van der Waals surface area contributed by atoms with E-state index in [9.17, 15) is 39.3 Å². The average molecular weight is 898 g/mol. The maximum Gasteiger partial charge on any atom is 0.329 e. The predicted octanol–water partition coefficient (Wildman–Crippen LogP) is 5.40. The van der Waals surface area contributed by atoms with Gasteiger partial charge in [0.2, 0.25) is 5.79 Å². The fraction of sp³-hybridized carbons (Fsp3) is 0.740. The molecule has 0 aromatic rings. The molecule has 4 aliphatic heterocycles. The number of methoxy groups -OCH3 is 3. The highest BCUT2D eigenvalue weighted by Gasteiger charge is 2.57. The van der Waals surface area contributed by atoms with Crippen LogP contribution in [0.15, 0.2) is 47.6 Å². The first-order valence-corrected chi connectivity index (χ1v) is 23.5. The highest BCUT2D eigenvalue weighted by molar-refractivity contribution is 6.39. The van der Waals surface area contributed by atoms with E-state index in [4.69, 9.17) is 23.7 Å². The first-order valence-electron chi connectivity index (χ1n) is 23.5. The van der Waals surface area contributed by atoms with Gasteiger partial charge in [0.05, 0.1) is 24.4 Å². The normalized spacial score (nSPS) is 42.3. The fourth-order valence-electron chi connectivity index (χ4n) is 10.9. The van der Waals surface area contributed by atoms with Crippen LogP contribution < -0.4 is 0 Å². The highest BCUT2D eigenvalue weighted by atomic mass is 16.6. The van der Waals surface area contributed by atoms with Gasteiger partial charge in [-0.3, -0.25) is 19.2 Å². The Hall–Kier alpha value is -3.37. The second-order valence-electron chi connectivity index (χ2n) is 19.5. The molecular formula is C50H75NO13. The van der Waals surface area contributed by atoms with Crippen molar-refractivity contribution in [3.63, 3.8) is 0 Å². The minimum Gasteiger partial charge on any atom is -0.460 e. The van der Waals surface area contributed by atoms with Crippen molar-refractivity contribution in [3.8, 4) is 0 Å². The van der Waals surface area contributed by atoms with Gasteiger partial charge in [-0.05, 0) is 101 Å². The third-order valence-corrected chi connectivity index (χ3v) is 14.9. The van der Waals surface area contributed by atoms with Crippen LogP contribution in [0.3, 0.4) is 0 Å². The van der Waals surface area contributed by atoms with Crippen molar-refractivity contribution in [2.24, 2.45) is 41.4 Å². The number of esters is 1. The Balaban J connectivity index is 1.51. The van der Waals surface area contributed by atoms with Gasteiger partial charge < -0.3 is 43.9 Å². The minimum atomic E-state index is -2.43. The summed E-state index contributed by atoms with van der Waals surface area (Å²) in [6.45, 7) is 10.9. The number of amides is 1. The quantitative estimate of drug-likeness (QED) is 0.181. The average Bonchev–Trinajstić information content (AvgIpc) is 3.27. The van der Waals surface area contributed by atoms with Gasteiger partial charge >= 0.3 is 5.97 Å². The summed E-state index contributed by atoms with van der Waals surface area (Å²) in [4.78, 5) is 72.0. The van der Waals surface area contributed by atoms with Crippen LogP contribution in [-0.2, 0) is 47.7 Å². The lowest BCUT2D eigenvalue weighted by Crippen LogP contribution is -2.65. The number of fused-ring (bicyclic) bond motifs is 4. The van der Waals surface area contributed by atoms with Crippen LogP contribution in [0.2, 0.25) is 0 Å². The van der Waals surface area contributed by atoms with Gasteiger partial charge in [-0.25, -0.2) is 4.79 Å². The number of piperidine rings is 1. The van der Waals surface area contributed by atoms with Gasteiger partial charge in [0.1, 0.15) is 30.1 Å². The van der Waals surface area contributed by atoms with Gasteiger partial charge in [0.25, 0.3) is 11.7 Å². The predicted molar refractivity (Wildman–Crippen MR) is 238 cm³/mol. The van der Waals surface area contributed by atoms with E-state index in [0.29, 0.717) is 69.8 Å². The molecule has 5 aliphatic rings. The van der Waals surface area contributed by atoms with Crippen molar-refractivity contribution in [2.45, 2.75) is 167 Å². The molecule has 4 heterocycles. The summed E-state index contributed by atoms with van der Waals surface area (Å²) in [5.41, 5.74) is 1.28. The third-order valence-electron chi connectivity index (χ3n) is 14.9. The van der Waals surface area contributed by atoms with Gasteiger partial charge in [-0.2, -0.15) is 0 Å². The third kappa shape index (κ3) is 12.0. The number of ether oxygens (including phenoxy) is 5. The molecule has 0 aromatic carbocycles. The lowest BCUT2D eigenvalue weighted by atomic mass is 9.68. The molecule has 0 radical (unpaired) electrons. The number of rotatable bonds is 5. The van der Waals surface area contributed by atoms with Crippen molar-refractivity contribution in [1.82, 2.24) is 4.90 Å². The molecule has 4 bridgehead atoms. The van der Waals surface area contributed by atoms with Crippen LogP contribution in [0, 0.1) is 41.4 Å². The molecule has 14 heteroatoms. The Morgan fingerprint density at radius 2 is 1.58 bits per heavy atom. The number of allylic oxidation sites excluding steroid dienone is 6. The first kappa shape index (κ1) is 51.6. The summed E-state index contributed by atoms with van der Waals surface area (Å²) in [7, 11) is 4.52. The van der Waals surface area contributed by atoms with E-state index in [1.165, 1.54) is 12.0 Å². The summed E-state index contributed by atoms with van der Waals surface area (Å²) in [6.07, 6.45) is 10.8. The Kier molecular flexibility index (Phi) is 18.5. The molecule has 1 amide bonds. The molecule has 5 rings (SSSR count). The van der Waals surface area contributed by atoms with Gasteiger partial charge in [-0.1, -0.05) is 64.2 Å². The first-order chi connectivity index (χ1) is 30.3. The van der Waals surface area contributed by atoms with Crippen LogP contribution in [-0.4, -0.2) is 132 Å². The van der Waals surface area contributed by atoms with E-state index < -0.39 is 95.7 Å². The lowest BCUT2D eigenvalue weighted by Gasteiger charge is -2.50. The van der Waals surface area contributed by atoms with Crippen LogP contribution in [0.4, 0.5) is 0 Å². The van der Waals surface area contributed by atoms with Crippen molar-refractivity contribution >= 4 is 29.2 Å². The second kappa shape index (κ2) is 22.9. The number of aliphatic hydroxyl groups is 3. The van der Waals surface area contributed by atoms with Gasteiger partial charge in [0, 0.05) is 64.4 Å². The standard InChI is InChI=1S/C50H75NO13/c1-28-14-11-10-12-15-29(2)40(60-7)26-35-19-17-33(6)50(59,64-35)47(56)48(57)51-21-13-16-36-37(24-34-18-20-38(52)42(25-34)61-8)41(63-49(58)43(36)51)27-39(53)30(3)23-32(5)45(55)46(62-9)44(54)31(4)22-28/h10-12,14-15,23,28,30-31,33-38,40-43,45-46,52,55,59H,13,16-22,24-27H2,1-9H3/b12-10+,14-11+,29-15?,32-23+/t28-,30+,31+,33+,34-,35-,36+,37?,38+,40-,41-,42+,43-,45+,46-,50+/m0/s1. The molecule has 4 fully saturated rings. The molecule has 1 saturated carbocycles. The van der Waals surface area contributed by atoms with Gasteiger partial charge in [0.15, 0.2) is 5.78 Å². The zero-order valence-electron chi connectivity index (χ0n) is 39.5. The number of aliphatic hydroxyl groups excluding tert-OH is 2. The van der Waals surface area contributed by atoms with E-state index in [2.05, 4.69) is 0 Å². The van der Waals surface area contributed by atoms with Crippen molar-refractivity contribution in [3.05, 3.63) is 47.6 Å². The second-order valence-corrected chi connectivity index (χ2v) is 19.5. The number of carbonyl (C=O) groups excluding carboxylic acids is 5. The molecule has 14 nitrogen and oxygen atoms in total. The molecule has 0 spiro atoms. The van der Waals surface area contributed by atoms with E-state index in [0.717, 1.165) is 5.57 Å². The molecule has 3 N–H and O–H groups in total. The van der Waals surface area contributed by atoms with Crippen LogP contribution in [0.1, 0.15) is 112 Å². The number of carbonyl (C=O) groups is 5. The summed E-state index contributed by atoms with van der Waals surface area (Å²) < 4.78 is 29.4. The molecule has 1 aliphatic carbocycles. The van der Waals surface area contributed by atoms with Crippen molar-refractivity contribution < 1.29 is 63.0 Å². The molecule has 64 heavy (non-hydrogen) atoms. The monoisotopic (exact) mass is 898 g/mol. The number of ketones is 3. The van der Waals surface area contributed by atoms with Crippen molar-refractivity contribution in [2.75, 3.05) is 27.9 Å². The summed E-state index contributed by atoms with van der Waals surface area (Å²) >= 11 is 0. The molecule has 0 aromatic heterocycles. The van der Waals surface area contributed by atoms with Crippen molar-refractivity contribution in [1.29, 1.82) is 0 Å². The van der Waals surface area contributed by atoms with Crippen LogP contribution >= 0.6 is 0 Å². The lowest BCUT2D eigenvalue weighted by molar-refractivity contribution is -0.266. The smallest absolute Gasteiger partial charge is 0.329 e. The summed E-state index contributed by atoms with van der Waals surface area (Å²) in [5.74, 6) is -8.43. The molecular weight excluding hydrogens is 823 g/mol. The molecule has 3 saturated heterocycles. The zero-order valence-corrected chi connectivity index (χ0v) is 39.5. The Morgan fingerprint density at radius 1 is 0.844 bits per heavy atom. The van der Waals surface area contributed by atoms with E-state index in [1.807, 2.05) is 51.2 Å². The largest absolute Gasteiger partial charge is 0.460 e. The van der Waals surface area contributed by atoms with E-state index in [-0.39, 0.29) is 42.5 Å². The summed E-state index contributed by atoms with van der Waals surface area (Å²) in [6, 6.07) is -1.12. The summed E-state index contributed by atoms with van der Waals surface area (Å²) in [5, 5.41) is 34.1. The van der Waals surface area contributed by atoms with Crippen LogP contribution in [0.5, 0.6) is 0 Å². The highest BCUT2D eigenvalue weighted by Crippen LogP contribution is 2.45. The fourth-order valence-corrected chi connectivity index (χ4v) is 10.9. The molecule has 16 atom stereocenters. The Morgan fingerprint density at radius 3 is 2.27 bits per heavy atom. The molecule has 358 valence electrons. The van der Waals surface area contributed by atoms with Crippen LogP contribution in [0.25, 0.3) is 0 Å². The Bertz CT molecular complexity index is 1790. The molecule has 1 unspecified atom stereocenters. The topological polar surface area (TPSA) is 195 Å². The zero-order chi connectivity index (χ0) is 47.0. The SMILES string of the molecule is CO[C@H]1C[C@@H]2CC[C@@H](C)[C@@](O)(O2)C(=O)C(=O)N2CCC[C@@H]3C(C[C@@H]4CC[C@@H](O)[C@H](OC)C4)[C@H](CC(=O)[C@H](C)/C=C(\C)[C@@H](O)[C@@H](OC)C(=O)[C@H](C)C[C@@H](C)/C=C/C=C/C=C1C)OC(=O)[C@H]32. The number of Topliss-reactive ketones (excluding diaryl/α,β-unsaturated/α-hetero) is 3.